The van der Waals surface area contributed by atoms with Crippen LogP contribution in [0.1, 0.15) is 10.6 Å². The third-order valence-electron chi connectivity index (χ3n) is 2.99. The molecule has 0 fully saturated rings. The molecule has 2 N–H and O–H groups in total. The van der Waals surface area contributed by atoms with Crippen molar-refractivity contribution in [3.63, 3.8) is 0 Å². The number of amides is 1. The van der Waals surface area contributed by atoms with Crippen LogP contribution in [0.5, 0.6) is 0 Å². The van der Waals surface area contributed by atoms with Crippen LogP contribution >= 0.6 is 35.4 Å². The van der Waals surface area contributed by atoms with E-state index in [0.29, 0.717) is 21.4 Å². The Hall–Kier alpha value is -2.49. The zero-order valence-corrected chi connectivity index (χ0v) is 15.0. The average molecular weight is 397 g/mol. The number of halogens is 2. The van der Waals surface area contributed by atoms with Gasteiger partial charge in [-0.2, -0.15) is 4.80 Å². The molecule has 0 spiro atoms. The third-order valence-corrected chi connectivity index (χ3v) is 3.74. The minimum atomic E-state index is -0.530. The Balaban J connectivity index is 1.69. The largest absolute Gasteiger partial charge is 0.451 e. The quantitative estimate of drug-likeness (QED) is 0.656. The number of benzene rings is 1. The molecule has 8 nitrogen and oxygen atoms in total. The number of hydrogen-bond acceptors (Lipinski definition) is 6. The first-order valence-corrected chi connectivity index (χ1v) is 8.00. The third kappa shape index (κ3) is 4.13. The van der Waals surface area contributed by atoms with Crippen LogP contribution in [0.25, 0.3) is 11.3 Å². The van der Waals surface area contributed by atoms with E-state index in [4.69, 9.17) is 39.8 Å². The van der Waals surface area contributed by atoms with Gasteiger partial charge in [-0.3, -0.25) is 15.4 Å². The Bertz CT molecular complexity index is 954. The molecule has 0 bridgehead atoms. The van der Waals surface area contributed by atoms with E-state index in [0.717, 1.165) is 0 Å². The van der Waals surface area contributed by atoms with E-state index in [9.17, 15) is 4.79 Å². The van der Waals surface area contributed by atoms with Crippen LogP contribution in [-0.2, 0) is 7.05 Å². The number of nitrogens with zero attached hydrogens (tertiary/aromatic N) is 4. The second-order valence-electron chi connectivity index (χ2n) is 4.80. The molecule has 128 valence electrons. The standard InChI is InChI=1S/C14H10Cl2N6O2S/c1-22-20-13(19-21-22)18-14(25)17-12(23)11-5-4-10(24-11)8-3-2-7(15)6-9(8)16/h2-6H,1H3,(H2,17,18,20,23,25). The fraction of sp³-hybridized carbons (Fsp3) is 0.0714. The van der Waals surface area contributed by atoms with Gasteiger partial charge in [0.05, 0.1) is 12.1 Å². The Morgan fingerprint density at radius 1 is 1.28 bits per heavy atom. The highest BCUT2D eigenvalue weighted by atomic mass is 35.5. The van der Waals surface area contributed by atoms with E-state index in [1.54, 1.807) is 31.3 Å². The van der Waals surface area contributed by atoms with Crippen LogP contribution in [0.15, 0.2) is 34.7 Å². The molecular formula is C14H10Cl2N6O2S. The Morgan fingerprint density at radius 2 is 2.08 bits per heavy atom. The predicted octanol–water partition coefficient (Wildman–Crippen LogP) is 2.90. The van der Waals surface area contributed by atoms with Crippen molar-refractivity contribution in [2.75, 3.05) is 5.32 Å². The Labute approximate surface area is 157 Å². The van der Waals surface area contributed by atoms with Crippen molar-refractivity contribution < 1.29 is 9.21 Å². The van der Waals surface area contributed by atoms with Crippen molar-refractivity contribution in [1.82, 2.24) is 25.5 Å². The summed E-state index contributed by atoms with van der Waals surface area (Å²) in [6, 6.07) is 8.12. The van der Waals surface area contributed by atoms with Crippen molar-refractivity contribution in [3.05, 3.63) is 46.1 Å². The summed E-state index contributed by atoms with van der Waals surface area (Å²) in [7, 11) is 1.60. The normalized spacial score (nSPS) is 10.5. The van der Waals surface area contributed by atoms with Crippen molar-refractivity contribution in [2.45, 2.75) is 0 Å². The maximum Gasteiger partial charge on any atom is 0.293 e. The molecule has 0 aliphatic carbocycles. The number of aromatic nitrogens is 4. The van der Waals surface area contributed by atoms with Crippen LogP contribution < -0.4 is 10.6 Å². The van der Waals surface area contributed by atoms with Gasteiger partial charge >= 0.3 is 0 Å². The molecule has 2 aromatic heterocycles. The number of thiocarbonyl (C=S) groups is 1. The molecule has 0 saturated heterocycles. The van der Waals surface area contributed by atoms with E-state index < -0.39 is 5.91 Å². The first-order valence-electron chi connectivity index (χ1n) is 6.84. The number of aryl methyl sites for hydroxylation is 1. The molecule has 0 aliphatic heterocycles. The summed E-state index contributed by atoms with van der Waals surface area (Å²) < 4.78 is 5.53. The molecule has 3 rings (SSSR count). The highest BCUT2D eigenvalue weighted by Gasteiger charge is 2.16. The lowest BCUT2D eigenvalue weighted by Gasteiger charge is -2.04. The molecule has 3 aromatic rings. The van der Waals surface area contributed by atoms with Gasteiger partial charge in [-0.05, 0) is 47.8 Å². The maximum absolute atomic E-state index is 12.2. The summed E-state index contributed by atoms with van der Waals surface area (Å²) in [6.07, 6.45) is 0. The number of nitrogens with one attached hydrogen (secondary N) is 2. The van der Waals surface area contributed by atoms with E-state index in [2.05, 4.69) is 26.0 Å². The van der Waals surface area contributed by atoms with Gasteiger partial charge in [0.2, 0.25) is 0 Å². The summed E-state index contributed by atoms with van der Waals surface area (Å²) in [5, 5.41) is 17.3. The van der Waals surface area contributed by atoms with Gasteiger partial charge in [0.15, 0.2) is 10.9 Å². The van der Waals surface area contributed by atoms with Crippen LogP contribution in [0.3, 0.4) is 0 Å². The minimum absolute atomic E-state index is 0.0143. The highest BCUT2D eigenvalue weighted by molar-refractivity contribution is 7.80. The van der Waals surface area contributed by atoms with Crippen LogP contribution in [0.4, 0.5) is 5.95 Å². The van der Waals surface area contributed by atoms with Gasteiger partial charge in [-0.25, -0.2) is 0 Å². The lowest BCUT2D eigenvalue weighted by atomic mass is 10.2. The van der Waals surface area contributed by atoms with Gasteiger partial charge in [-0.1, -0.05) is 28.3 Å². The molecule has 2 heterocycles. The van der Waals surface area contributed by atoms with Crippen molar-refractivity contribution in [1.29, 1.82) is 0 Å². The van der Waals surface area contributed by atoms with Gasteiger partial charge in [0.25, 0.3) is 11.9 Å². The van der Waals surface area contributed by atoms with Crippen molar-refractivity contribution in [3.8, 4) is 11.3 Å². The van der Waals surface area contributed by atoms with E-state index >= 15 is 0 Å². The number of carbonyl (C=O) groups excluding carboxylic acids is 1. The van der Waals surface area contributed by atoms with E-state index in [-0.39, 0.29) is 16.8 Å². The lowest BCUT2D eigenvalue weighted by molar-refractivity contribution is 0.0951. The van der Waals surface area contributed by atoms with E-state index in [1.165, 1.54) is 10.9 Å². The summed E-state index contributed by atoms with van der Waals surface area (Å²) in [5.41, 5.74) is 0.620. The van der Waals surface area contributed by atoms with E-state index in [1.807, 2.05) is 0 Å². The van der Waals surface area contributed by atoms with Gasteiger partial charge in [0.1, 0.15) is 5.76 Å². The summed E-state index contributed by atoms with van der Waals surface area (Å²) in [6.45, 7) is 0. The molecule has 0 aliphatic rings. The van der Waals surface area contributed by atoms with Gasteiger partial charge in [0, 0.05) is 10.6 Å². The lowest BCUT2D eigenvalue weighted by Crippen LogP contribution is -2.34. The van der Waals surface area contributed by atoms with Gasteiger partial charge in [-0.15, -0.1) is 5.10 Å². The molecule has 1 aromatic carbocycles. The topological polar surface area (TPSA) is 97.9 Å². The molecule has 0 unspecified atom stereocenters. The maximum atomic E-state index is 12.2. The van der Waals surface area contributed by atoms with Crippen molar-refractivity contribution in [2.24, 2.45) is 7.05 Å². The molecule has 0 radical (unpaired) electrons. The SMILES string of the molecule is Cn1nnc(NC(=S)NC(=O)c2ccc(-c3ccc(Cl)cc3Cl)o2)n1. The molecule has 1 amide bonds. The van der Waals surface area contributed by atoms with Crippen LogP contribution in [0, 0.1) is 0 Å². The number of carbonyl (C=O) groups is 1. The predicted molar refractivity (Wildman–Crippen MR) is 96.6 cm³/mol. The summed E-state index contributed by atoms with van der Waals surface area (Å²) in [5.74, 6) is 0.136. The molecular weight excluding hydrogens is 387 g/mol. The first kappa shape index (κ1) is 17.3. The second-order valence-corrected chi connectivity index (χ2v) is 6.05. The number of rotatable bonds is 3. The Morgan fingerprint density at radius 3 is 2.76 bits per heavy atom. The number of anilines is 1. The smallest absolute Gasteiger partial charge is 0.293 e. The minimum Gasteiger partial charge on any atom is -0.451 e. The molecule has 0 saturated carbocycles. The fourth-order valence-corrected chi connectivity index (χ4v) is 2.61. The second kappa shape index (κ2) is 7.18. The summed E-state index contributed by atoms with van der Waals surface area (Å²) >= 11 is 17.0. The zero-order valence-electron chi connectivity index (χ0n) is 12.7. The zero-order chi connectivity index (χ0) is 18.0. The fourth-order valence-electron chi connectivity index (χ4n) is 1.93. The number of hydrogen-bond donors (Lipinski definition) is 2. The Kier molecular flexibility index (Phi) is 4.98. The van der Waals surface area contributed by atoms with Crippen molar-refractivity contribution >= 4 is 52.4 Å². The van der Waals surface area contributed by atoms with Crippen LogP contribution in [0.2, 0.25) is 10.0 Å². The molecule has 25 heavy (non-hydrogen) atoms. The monoisotopic (exact) mass is 396 g/mol. The summed E-state index contributed by atoms with van der Waals surface area (Å²) in [4.78, 5) is 13.4. The molecule has 0 atom stereocenters. The van der Waals surface area contributed by atoms with Crippen LogP contribution in [-0.4, -0.2) is 31.2 Å². The number of furan rings is 1. The highest BCUT2D eigenvalue weighted by Crippen LogP contribution is 2.31. The first-order chi connectivity index (χ1) is 11.9. The molecule has 11 heteroatoms. The average Bonchev–Trinajstić information content (AvgIpc) is 3.16. The van der Waals surface area contributed by atoms with Gasteiger partial charge < -0.3 is 4.42 Å². The number of tetrazole rings is 1.